The molecule has 4 heteroatoms. The van der Waals surface area contributed by atoms with E-state index < -0.39 is 5.92 Å². The maximum Gasteiger partial charge on any atom is 0.134 e. The first-order valence-corrected chi connectivity index (χ1v) is 5.52. The van der Waals surface area contributed by atoms with E-state index in [2.05, 4.69) is 16.0 Å². The Bertz CT molecular complexity index is 712. The Kier molecular flexibility index (Phi) is 2.50. The Hall–Kier alpha value is -2.67. The highest BCUT2D eigenvalue weighted by Gasteiger charge is 2.19. The third-order valence-electron chi connectivity index (χ3n) is 2.83. The van der Waals surface area contributed by atoms with Crippen LogP contribution in [-0.2, 0) is 0 Å². The van der Waals surface area contributed by atoms with Gasteiger partial charge in [0.05, 0.1) is 24.2 Å². The summed E-state index contributed by atoms with van der Waals surface area (Å²) in [5, 5.41) is 10.3. The fourth-order valence-electron chi connectivity index (χ4n) is 1.98. The SMILES string of the molecule is N#CC(c1cnccn1)c1coc2ccccc12. The monoisotopic (exact) mass is 235 g/mol. The molecule has 0 amide bonds. The summed E-state index contributed by atoms with van der Waals surface area (Å²) in [4.78, 5) is 8.19. The number of para-hydroxylation sites is 1. The van der Waals surface area contributed by atoms with Crippen LogP contribution in [0.1, 0.15) is 17.2 Å². The normalized spacial score (nSPS) is 12.2. The summed E-state index contributed by atoms with van der Waals surface area (Å²) in [5.41, 5.74) is 2.23. The quantitative estimate of drug-likeness (QED) is 0.685. The van der Waals surface area contributed by atoms with Crippen molar-refractivity contribution in [3.63, 3.8) is 0 Å². The van der Waals surface area contributed by atoms with Gasteiger partial charge in [-0.2, -0.15) is 5.26 Å². The summed E-state index contributed by atoms with van der Waals surface area (Å²) in [7, 11) is 0. The number of nitriles is 1. The molecule has 4 nitrogen and oxygen atoms in total. The molecule has 0 N–H and O–H groups in total. The number of hydrogen-bond acceptors (Lipinski definition) is 4. The van der Waals surface area contributed by atoms with Crippen molar-refractivity contribution in [2.75, 3.05) is 0 Å². The van der Waals surface area contributed by atoms with E-state index in [0.717, 1.165) is 16.5 Å². The highest BCUT2D eigenvalue weighted by Crippen LogP contribution is 2.30. The summed E-state index contributed by atoms with van der Waals surface area (Å²) in [6.07, 6.45) is 6.40. The van der Waals surface area contributed by atoms with E-state index in [1.807, 2.05) is 24.3 Å². The van der Waals surface area contributed by atoms with Crippen molar-refractivity contribution >= 4 is 11.0 Å². The molecule has 0 spiro atoms. The first-order chi connectivity index (χ1) is 8.90. The Morgan fingerprint density at radius 3 is 2.89 bits per heavy atom. The Morgan fingerprint density at radius 2 is 2.11 bits per heavy atom. The predicted octanol–water partition coefficient (Wildman–Crippen LogP) is 2.88. The van der Waals surface area contributed by atoms with Gasteiger partial charge in [0.2, 0.25) is 0 Å². The molecule has 0 aliphatic carbocycles. The molecule has 0 saturated heterocycles. The van der Waals surface area contributed by atoms with Gasteiger partial charge in [-0.15, -0.1) is 0 Å². The van der Waals surface area contributed by atoms with Crippen LogP contribution in [0.4, 0.5) is 0 Å². The van der Waals surface area contributed by atoms with E-state index in [4.69, 9.17) is 4.42 Å². The average Bonchev–Trinajstić information content (AvgIpc) is 2.85. The zero-order chi connectivity index (χ0) is 12.4. The Balaban J connectivity index is 2.16. The van der Waals surface area contributed by atoms with Crippen molar-refractivity contribution in [3.05, 3.63) is 60.4 Å². The average molecular weight is 235 g/mol. The van der Waals surface area contributed by atoms with E-state index in [-0.39, 0.29) is 0 Å². The van der Waals surface area contributed by atoms with Gasteiger partial charge in [0.25, 0.3) is 0 Å². The van der Waals surface area contributed by atoms with Crippen molar-refractivity contribution in [2.45, 2.75) is 5.92 Å². The summed E-state index contributed by atoms with van der Waals surface area (Å²) in [6.45, 7) is 0. The molecule has 0 radical (unpaired) electrons. The smallest absolute Gasteiger partial charge is 0.134 e. The molecule has 1 atom stereocenters. The molecule has 0 aliphatic heterocycles. The topological polar surface area (TPSA) is 62.7 Å². The van der Waals surface area contributed by atoms with Gasteiger partial charge in [-0.25, -0.2) is 0 Å². The fraction of sp³-hybridized carbons (Fsp3) is 0.0714. The van der Waals surface area contributed by atoms with Crippen LogP contribution in [0.2, 0.25) is 0 Å². The highest BCUT2D eigenvalue weighted by molar-refractivity contribution is 5.82. The van der Waals surface area contributed by atoms with Gasteiger partial charge in [0.15, 0.2) is 0 Å². The summed E-state index contributed by atoms with van der Waals surface area (Å²) >= 11 is 0. The zero-order valence-electron chi connectivity index (χ0n) is 9.45. The molecule has 0 bridgehead atoms. The van der Waals surface area contributed by atoms with Gasteiger partial charge in [-0.05, 0) is 6.07 Å². The van der Waals surface area contributed by atoms with E-state index in [9.17, 15) is 5.26 Å². The Morgan fingerprint density at radius 1 is 1.22 bits per heavy atom. The van der Waals surface area contributed by atoms with E-state index in [1.165, 1.54) is 0 Å². The van der Waals surface area contributed by atoms with Gasteiger partial charge in [0, 0.05) is 23.3 Å². The minimum atomic E-state index is -0.456. The van der Waals surface area contributed by atoms with Gasteiger partial charge >= 0.3 is 0 Å². The second kappa shape index (κ2) is 4.30. The fourth-order valence-corrected chi connectivity index (χ4v) is 1.98. The van der Waals surface area contributed by atoms with Gasteiger partial charge < -0.3 is 4.42 Å². The van der Waals surface area contributed by atoms with Crippen LogP contribution in [0.15, 0.2) is 53.5 Å². The van der Waals surface area contributed by atoms with Crippen LogP contribution in [0.5, 0.6) is 0 Å². The second-order valence-electron chi connectivity index (χ2n) is 3.88. The molecule has 3 aromatic rings. The lowest BCUT2D eigenvalue weighted by Crippen LogP contribution is -2.00. The van der Waals surface area contributed by atoms with Crippen LogP contribution in [0.25, 0.3) is 11.0 Å². The number of hydrogen-bond donors (Lipinski definition) is 0. The third kappa shape index (κ3) is 1.62. The number of benzene rings is 1. The molecule has 0 fully saturated rings. The van der Waals surface area contributed by atoms with Crippen molar-refractivity contribution in [1.29, 1.82) is 5.26 Å². The first-order valence-electron chi connectivity index (χ1n) is 5.52. The number of fused-ring (bicyclic) bond motifs is 1. The molecule has 86 valence electrons. The van der Waals surface area contributed by atoms with Crippen LogP contribution in [0.3, 0.4) is 0 Å². The molecular weight excluding hydrogens is 226 g/mol. The molecule has 0 saturated carbocycles. The summed E-state index contributed by atoms with van der Waals surface area (Å²) in [6, 6.07) is 9.89. The van der Waals surface area contributed by atoms with Crippen LogP contribution in [0, 0.1) is 11.3 Å². The molecule has 0 aliphatic rings. The molecular formula is C14H9N3O. The molecule has 1 unspecified atom stereocenters. The number of aromatic nitrogens is 2. The van der Waals surface area contributed by atoms with Crippen molar-refractivity contribution in [3.8, 4) is 6.07 Å². The van der Waals surface area contributed by atoms with Crippen molar-refractivity contribution in [2.24, 2.45) is 0 Å². The van der Waals surface area contributed by atoms with E-state index in [1.54, 1.807) is 24.9 Å². The molecule has 18 heavy (non-hydrogen) atoms. The minimum Gasteiger partial charge on any atom is -0.464 e. The zero-order valence-corrected chi connectivity index (χ0v) is 9.45. The van der Waals surface area contributed by atoms with Crippen LogP contribution >= 0.6 is 0 Å². The lowest BCUT2D eigenvalue weighted by molar-refractivity contribution is 0.609. The maximum atomic E-state index is 9.35. The van der Waals surface area contributed by atoms with Crippen LogP contribution in [-0.4, -0.2) is 9.97 Å². The standard InChI is InChI=1S/C14H9N3O/c15-7-11(13-8-16-5-6-17-13)12-9-18-14-4-2-1-3-10(12)14/h1-6,8-9,11H. The summed E-state index contributed by atoms with van der Waals surface area (Å²) < 4.78 is 5.45. The lowest BCUT2D eigenvalue weighted by atomic mass is 9.97. The van der Waals surface area contributed by atoms with Crippen LogP contribution < -0.4 is 0 Å². The highest BCUT2D eigenvalue weighted by atomic mass is 16.3. The first kappa shape index (κ1) is 10.5. The minimum absolute atomic E-state index is 0.456. The lowest BCUT2D eigenvalue weighted by Gasteiger charge is -2.05. The van der Waals surface area contributed by atoms with E-state index in [0.29, 0.717) is 5.69 Å². The largest absolute Gasteiger partial charge is 0.464 e. The van der Waals surface area contributed by atoms with Crippen molar-refractivity contribution in [1.82, 2.24) is 9.97 Å². The van der Waals surface area contributed by atoms with Gasteiger partial charge in [0.1, 0.15) is 11.5 Å². The van der Waals surface area contributed by atoms with Gasteiger partial charge in [-0.1, -0.05) is 18.2 Å². The molecule has 3 rings (SSSR count). The molecule has 2 heterocycles. The van der Waals surface area contributed by atoms with E-state index >= 15 is 0 Å². The van der Waals surface area contributed by atoms with Crippen molar-refractivity contribution < 1.29 is 4.42 Å². The predicted molar refractivity (Wildman–Crippen MR) is 65.7 cm³/mol. The third-order valence-corrected chi connectivity index (χ3v) is 2.83. The molecule has 2 aromatic heterocycles. The Labute approximate surface area is 104 Å². The number of rotatable bonds is 2. The number of furan rings is 1. The molecule has 1 aromatic carbocycles. The summed E-state index contributed by atoms with van der Waals surface area (Å²) in [5.74, 6) is -0.456. The van der Waals surface area contributed by atoms with Gasteiger partial charge in [-0.3, -0.25) is 9.97 Å². The maximum absolute atomic E-state index is 9.35. The second-order valence-corrected chi connectivity index (χ2v) is 3.88. The number of nitrogens with zero attached hydrogens (tertiary/aromatic N) is 3.